The zero-order valence-electron chi connectivity index (χ0n) is 19.9. The zero-order valence-corrected chi connectivity index (χ0v) is 26.7. The molecule has 4 rings (SSSR count). The Labute approximate surface area is 254 Å². The van der Waals surface area contributed by atoms with Crippen molar-refractivity contribution in [3.05, 3.63) is 67.8 Å². The van der Waals surface area contributed by atoms with Crippen LogP contribution in [0.2, 0.25) is 0 Å². The van der Waals surface area contributed by atoms with Crippen molar-refractivity contribution in [2.45, 2.75) is 39.5 Å². The predicted molar refractivity (Wildman–Crippen MR) is 151 cm³/mol. The van der Waals surface area contributed by atoms with Crippen LogP contribution < -0.4 is 20.4 Å². The monoisotopic (exact) mass is 772 g/mol. The largest absolute Gasteiger partial charge is 4.00 e. The van der Waals surface area contributed by atoms with E-state index >= 15 is 0 Å². The molecule has 0 amide bonds. The number of hydrogen-bond donors (Lipinski definition) is 0. The van der Waals surface area contributed by atoms with Gasteiger partial charge in [0.15, 0.2) is 0 Å². The van der Waals surface area contributed by atoms with Gasteiger partial charge in [-0.25, -0.2) is 0 Å². The maximum atomic E-state index is 12.9. The Morgan fingerprint density at radius 1 is 0.629 bits per heavy atom. The van der Waals surface area contributed by atoms with Crippen LogP contribution in [0.1, 0.15) is 39.5 Å². The third-order valence-corrected chi connectivity index (χ3v) is 6.76. The molecule has 0 atom stereocenters. The number of benzene rings is 4. The van der Waals surface area contributed by atoms with Crippen molar-refractivity contribution < 1.29 is 46.6 Å². The van der Waals surface area contributed by atoms with Crippen molar-refractivity contribution in [2.75, 3.05) is 13.2 Å². The summed E-state index contributed by atoms with van der Waals surface area (Å²) < 4.78 is 1.26. The molecule has 7 heteroatoms. The Balaban J connectivity index is 0.000000476. The number of fused-ring (bicyclic) bond motifs is 2. The average Bonchev–Trinajstić information content (AvgIpc) is 2.84. The van der Waals surface area contributed by atoms with Crippen LogP contribution in [0, 0.1) is 7.14 Å². The maximum absolute atomic E-state index is 12.9. The Morgan fingerprint density at radius 3 is 1.26 bits per heavy atom. The fourth-order valence-electron chi connectivity index (χ4n) is 3.37. The summed E-state index contributed by atoms with van der Waals surface area (Å²) in [7, 11) is 0. The van der Waals surface area contributed by atoms with E-state index in [2.05, 4.69) is 45.2 Å². The van der Waals surface area contributed by atoms with Crippen LogP contribution in [0.4, 0.5) is 0 Å². The van der Waals surface area contributed by atoms with Gasteiger partial charge < -0.3 is 20.4 Å². The summed E-state index contributed by atoms with van der Waals surface area (Å²) >= 11 is 4.11. The Morgan fingerprint density at radius 2 is 0.971 bits per heavy atom. The van der Waals surface area contributed by atoms with Crippen molar-refractivity contribution in [3.63, 3.8) is 0 Å². The zero-order chi connectivity index (χ0) is 25.1. The van der Waals surface area contributed by atoms with E-state index in [4.69, 9.17) is 0 Å². The van der Waals surface area contributed by atoms with E-state index < -0.39 is 0 Å². The number of halogens is 2. The van der Waals surface area contributed by atoms with Gasteiger partial charge in [0, 0.05) is 7.14 Å². The van der Waals surface area contributed by atoms with Crippen LogP contribution in [0.5, 0.6) is 11.5 Å². The molecule has 4 aromatic carbocycles. The second kappa shape index (κ2) is 16.9. The first-order valence-corrected chi connectivity index (χ1v) is 13.5. The van der Waals surface area contributed by atoms with Crippen LogP contribution in [0.15, 0.2) is 60.7 Å². The minimum absolute atomic E-state index is 0. The third-order valence-electron chi connectivity index (χ3n) is 5.16. The van der Waals surface area contributed by atoms with Gasteiger partial charge in [-0.2, -0.15) is 0 Å². The second-order valence-electron chi connectivity index (χ2n) is 7.68. The van der Waals surface area contributed by atoms with Gasteiger partial charge in [0.1, 0.15) is 0 Å². The summed E-state index contributed by atoms with van der Waals surface area (Å²) in [5.41, 5.74) is 1.02. The second-order valence-corrected chi connectivity index (χ2v) is 10.0. The summed E-state index contributed by atoms with van der Waals surface area (Å²) in [6.45, 7) is 4.21. The van der Waals surface area contributed by atoms with Gasteiger partial charge in [0.25, 0.3) is 0 Å². The molecule has 35 heavy (non-hydrogen) atoms. The van der Waals surface area contributed by atoms with Gasteiger partial charge in [0.2, 0.25) is 0 Å². The SMILES string of the molecule is CCCC[O-].CCCC[O-].[O-]c1c(I)cc2ccccc2c1-c1c([O-])c(I)cc2ccccc12.[Zr+4]. The molecule has 4 aromatic rings. The van der Waals surface area contributed by atoms with Crippen molar-refractivity contribution >= 4 is 66.7 Å². The van der Waals surface area contributed by atoms with E-state index in [0.717, 1.165) is 47.2 Å². The number of rotatable bonds is 5. The molecule has 0 aliphatic heterocycles. The van der Waals surface area contributed by atoms with E-state index in [0.29, 0.717) is 18.3 Å². The fourth-order valence-corrected chi connectivity index (χ4v) is 4.58. The van der Waals surface area contributed by atoms with Gasteiger partial charge in [-0.15, -0.1) is 13.2 Å². The van der Waals surface area contributed by atoms with Crippen LogP contribution in [0.25, 0.3) is 32.7 Å². The van der Waals surface area contributed by atoms with E-state index in [1.807, 2.05) is 74.5 Å². The maximum Gasteiger partial charge on any atom is 4.00 e. The van der Waals surface area contributed by atoms with E-state index in [1.165, 1.54) is 0 Å². The molecule has 0 aliphatic carbocycles. The molecular formula is C28H28I2O4Zr. The molecule has 0 radical (unpaired) electrons. The Kier molecular flexibility index (Phi) is 15.6. The van der Waals surface area contributed by atoms with E-state index in [-0.39, 0.29) is 50.9 Å². The van der Waals surface area contributed by atoms with Gasteiger partial charge >= 0.3 is 26.2 Å². The fraction of sp³-hybridized carbons (Fsp3) is 0.286. The molecule has 0 heterocycles. The minimum atomic E-state index is -0.0847. The number of unbranched alkanes of at least 4 members (excludes halogenated alkanes) is 2. The van der Waals surface area contributed by atoms with Crippen LogP contribution in [-0.2, 0) is 26.2 Å². The van der Waals surface area contributed by atoms with Gasteiger partial charge in [0.05, 0.1) is 0 Å². The molecule has 0 aliphatic rings. The molecule has 0 spiro atoms. The van der Waals surface area contributed by atoms with Gasteiger partial charge in [-0.05, 0) is 90.0 Å². The molecule has 0 aromatic heterocycles. The molecule has 0 N–H and O–H groups in total. The first kappa shape index (κ1) is 32.3. The Bertz CT molecular complexity index is 1120. The topological polar surface area (TPSA) is 92.2 Å². The van der Waals surface area contributed by atoms with Crippen molar-refractivity contribution in [3.8, 4) is 22.6 Å². The van der Waals surface area contributed by atoms with Crippen LogP contribution >= 0.6 is 45.2 Å². The first-order chi connectivity index (χ1) is 16.4. The normalized spacial score (nSPS) is 10.1. The van der Waals surface area contributed by atoms with Crippen molar-refractivity contribution in [1.29, 1.82) is 0 Å². The van der Waals surface area contributed by atoms with E-state index in [9.17, 15) is 20.4 Å². The summed E-state index contributed by atoms with van der Waals surface area (Å²) in [5, 5.41) is 48.5. The molecule has 0 saturated carbocycles. The smallest absolute Gasteiger partial charge is 0.871 e. The predicted octanol–water partition coefficient (Wildman–Crippen LogP) is 5.31. The van der Waals surface area contributed by atoms with Crippen LogP contribution in [0.3, 0.4) is 0 Å². The molecule has 4 nitrogen and oxygen atoms in total. The van der Waals surface area contributed by atoms with Crippen molar-refractivity contribution in [2.24, 2.45) is 0 Å². The third kappa shape index (κ3) is 8.66. The molecule has 182 valence electrons. The molecule has 0 bridgehead atoms. The quantitative estimate of drug-likeness (QED) is 0.258. The Hall–Kier alpha value is -0.737. The number of hydrogen-bond acceptors (Lipinski definition) is 4. The first-order valence-electron chi connectivity index (χ1n) is 11.3. The standard InChI is InChI=1S/C20H12I2O2.2C4H9O.Zr/c21-15-9-11-5-1-3-7-13(11)17(19(15)23)18-14-8-4-2-6-12(14)10-16(22)20(18)24;2*1-2-3-4-5;/h1-10,23-24H;2*2-4H2,1H3;/q;2*-1;+4/p-2. The average molecular weight is 774 g/mol. The molecule has 0 unspecified atom stereocenters. The summed E-state index contributed by atoms with van der Waals surface area (Å²) in [4.78, 5) is 0. The van der Waals surface area contributed by atoms with Gasteiger partial charge in [-0.3, -0.25) is 0 Å². The van der Waals surface area contributed by atoms with E-state index in [1.54, 1.807) is 0 Å². The van der Waals surface area contributed by atoms with Crippen LogP contribution in [-0.4, -0.2) is 13.2 Å². The molecule has 0 fully saturated rings. The minimum Gasteiger partial charge on any atom is -0.871 e. The van der Waals surface area contributed by atoms with Crippen molar-refractivity contribution in [1.82, 2.24) is 0 Å². The van der Waals surface area contributed by atoms with Gasteiger partial charge in [-0.1, -0.05) is 99.6 Å². The summed E-state index contributed by atoms with van der Waals surface area (Å²) in [6.07, 6.45) is 3.73. The molecular weight excluding hydrogens is 745 g/mol. The summed E-state index contributed by atoms with van der Waals surface area (Å²) in [5.74, 6) is -0.169. The molecule has 0 saturated heterocycles. The summed E-state index contributed by atoms with van der Waals surface area (Å²) in [6, 6.07) is 19.2.